The van der Waals surface area contributed by atoms with Crippen LogP contribution in [0, 0.1) is 11.3 Å². The lowest BCUT2D eigenvalue weighted by Crippen LogP contribution is -2.36. The number of likely N-dealkylation sites (tertiary alicyclic amines) is 2. The summed E-state index contributed by atoms with van der Waals surface area (Å²) >= 11 is 0. The summed E-state index contributed by atoms with van der Waals surface area (Å²) in [6.07, 6.45) is -13.4. The number of halogens is 12. The predicted octanol–water partition coefficient (Wildman–Crippen LogP) is 4.98. The molecule has 0 bridgehead atoms. The summed E-state index contributed by atoms with van der Waals surface area (Å²) in [5, 5.41) is 28.5. The van der Waals surface area contributed by atoms with E-state index in [1.807, 2.05) is 42.9 Å². The van der Waals surface area contributed by atoms with E-state index in [4.69, 9.17) is 44.3 Å². The van der Waals surface area contributed by atoms with Crippen LogP contribution in [0.25, 0.3) is 0 Å². The molecule has 25 heteroatoms. The molecule has 0 aromatic carbocycles. The molecule has 0 radical (unpaired) electrons. The fourth-order valence-electron chi connectivity index (χ4n) is 4.65. The Kier molecular flexibility index (Phi) is 19.3. The molecule has 2 aliphatic rings. The van der Waals surface area contributed by atoms with Crippen molar-refractivity contribution in [2.24, 2.45) is 11.3 Å². The van der Waals surface area contributed by atoms with E-state index in [1.165, 1.54) is 25.1 Å². The molecular formula is C29H32F12N4O9. The summed E-state index contributed by atoms with van der Waals surface area (Å²) in [5.74, 6) is -10.4. The van der Waals surface area contributed by atoms with Crippen molar-refractivity contribution in [2.45, 2.75) is 44.3 Å². The molecule has 306 valence electrons. The van der Waals surface area contributed by atoms with Gasteiger partial charge in [-0.3, -0.25) is 14.9 Å². The third-order valence-electron chi connectivity index (χ3n) is 6.84. The average Bonchev–Trinajstić information content (AvgIpc) is 3.58. The second kappa shape index (κ2) is 21.2. The van der Waals surface area contributed by atoms with Crippen molar-refractivity contribution in [3.63, 3.8) is 0 Å². The zero-order chi connectivity index (χ0) is 42.1. The molecule has 4 heterocycles. The molecule has 2 aromatic heterocycles. The van der Waals surface area contributed by atoms with E-state index >= 15 is 0 Å². The van der Waals surface area contributed by atoms with Gasteiger partial charge in [0.1, 0.15) is 0 Å². The highest BCUT2D eigenvalue weighted by molar-refractivity contribution is 5.74. The molecule has 2 aromatic rings. The quantitative estimate of drug-likeness (QED) is 0.286. The maximum absolute atomic E-state index is 10.6. The van der Waals surface area contributed by atoms with Crippen LogP contribution in [0.3, 0.4) is 0 Å². The number of rotatable bonds is 6. The van der Waals surface area contributed by atoms with Gasteiger partial charge in [0.2, 0.25) is 0 Å². The SMILES string of the molecule is CN1C[C@@H](COCc2ccccn2)[C@]2(CCN(Cc3cccnc3)C2)C1.O=C(O)C(F)(F)F.O=C(O)C(F)(F)F.O=C(O)C(F)(F)F.O=C(O)C(F)(F)F. The highest BCUT2D eigenvalue weighted by Crippen LogP contribution is 2.44. The lowest BCUT2D eigenvalue weighted by Gasteiger charge is -2.30. The first-order valence-electron chi connectivity index (χ1n) is 14.5. The van der Waals surface area contributed by atoms with Gasteiger partial charge in [0.25, 0.3) is 0 Å². The van der Waals surface area contributed by atoms with E-state index in [0.29, 0.717) is 17.9 Å². The molecule has 4 N–H and O–H groups in total. The Balaban J connectivity index is 0.000000820. The van der Waals surface area contributed by atoms with Crippen LogP contribution in [0.4, 0.5) is 52.7 Å². The molecule has 2 aliphatic heterocycles. The summed E-state index contributed by atoms with van der Waals surface area (Å²) in [4.78, 5) is 49.3. The van der Waals surface area contributed by atoms with Gasteiger partial charge in [-0.05, 0) is 43.8 Å². The van der Waals surface area contributed by atoms with Gasteiger partial charge in [-0.15, -0.1) is 0 Å². The fourth-order valence-corrected chi connectivity index (χ4v) is 4.65. The zero-order valence-corrected chi connectivity index (χ0v) is 27.5. The van der Waals surface area contributed by atoms with Gasteiger partial charge in [-0.1, -0.05) is 12.1 Å². The number of ether oxygens (including phenoxy) is 1. The third-order valence-corrected chi connectivity index (χ3v) is 6.84. The Morgan fingerprint density at radius 2 is 1.24 bits per heavy atom. The normalized spacial score (nSPS) is 18.7. The van der Waals surface area contributed by atoms with Crippen LogP contribution in [0.2, 0.25) is 0 Å². The molecule has 54 heavy (non-hydrogen) atoms. The van der Waals surface area contributed by atoms with Gasteiger partial charge in [-0.25, -0.2) is 19.2 Å². The number of carboxylic acids is 4. The Morgan fingerprint density at radius 3 is 1.63 bits per heavy atom. The number of hydrogen-bond donors (Lipinski definition) is 4. The maximum atomic E-state index is 10.6. The van der Waals surface area contributed by atoms with Gasteiger partial charge in [0, 0.05) is 56.1 Å². The van der Waals surface area contributed by atoms with Gasteiger partial charge in [0.15, 0.2) is 0 Å². The molecule has 0 unspecified atom stereocenters. The highest BCUT2D eigenvalue weighted by atomic mass is 19.4. The lowest BCUT2D eigenvalue weighted by atomic mass is 9.77. The Bertz CT molecular complexity index is 1370. The van der Waals surface area contributed by atoms with Crippen LogP contribution in [-0.4, -0.2) is 129 Å². The van der Waals surface area contributed by atoms with E-state index in [1.54, 1.807) is 0 Å². The van der Waals surface area contributed by atoms with Crippen molar-refractivity contribution < 1.29 is 97.0 Å². The molecule has 0 saturated carbocycles. The smallest absolute Gasteiger partial charge is 0.475 e. The Morgan fingerprint density at radius 1 is 0.759 bits per heavy atom. The van der Waals surface area contributed by atoms with Crippen LogP contribution in [0.5, 0.6) is 0 Å². The molecule has 4 rings (SSSR count). The predicted molar refractivity (Wildman–Crippen MR) is 156 cm³/mol. The molecule has 1 spiro atoms. The summed E-state index contributed by atoms with van der Waals surface area (Å²) in [7, 11) is 2.24. The third kappa shape index (κ3) is 19.9. The first-order chi connectivity index (χ1) is 24.5. The molecular weight excluding hydrogens is 776 g/mol. The number of pyridine rings is 2. The minimum atomic E-state index is -5.08. The Hall–Kier alpha value is -4.78. The van der Waals surface area contributed by atoms with Gasteiger partial charge in [0.05, 0.1) is 18.9 Å². The van der Waals surface area contributed by atoms with Crippen LogP contribution >= 0.6 is 0 Å². The number of hydrogen-bond acceptors (Lipinski definition) is 9. The second-order valence-corrected chi connectivity index (χ2v) is 11.1. The van der Waals surface area contributed by atoms with Gasteiger partial charge < -0.3 is 30.1 Å². The highest BCUT2D eigenvalue weighted by Gasteiger charge is 2.49. The molecule has 2 atom stereocenters. The molecule has 0 aliphatic carbocycles. The maximum Gasteiger partial charge on any atom is 0.490 e. The number of aliphatic carboxylic acids is 4. The van der Waals surface area contributed by atoms with E-state index in [2.05, 4.69) is 32.9 Å². The van der Waals surface area contributed by atoms with Crippen molar-refractivity contribution in [3.05, 3.63) is 60.2 Å². The topological polar surface area (TPSA) is 191 Å². The molecule has 13 nitrogen and oxygen atoms in total. The lowest BCUT2D eigenvalue weighted by molar-refractivity contribution is -0.193. The summed E-state index contributed by atoms with van der Waals surface area (Å²) in [6, 6.07) is 10.2. The monoisotopic (exact) mass is 808 g/mol. The summed E-state index contributed by atoms with van der Waals surface area (Å²) in [6.45, 7) is 7.05. The van der Waals surface area contributed by atoms with E-state index in [9.17, 15) is 52.7 Å². The number of alkyl halides is 12. The van der Waals surface area contributed by atoms with Crippen molar-refractivity contribution in [1.29, 1.82) is 0 Å². The fraction of sp³-hybridized carbons (Fsp3) is 0.517. The van der Waals surface area contributed by atoms with E-state index in [0.717, 1.165) is 31.9 Å². The zero-order valence-electron chi connectivity index (χ0n) is 27.5. The standard InChI is InChI=1S/C21H28N4O.4C2HF3O2/c1-24-13-19(14-26-15-20-6-2-3-9-23-20)21(16-24)7-10-25(17-21)12-18-5-4-8-22-11-18;4*3-2(4,5)1(6)7/h2-6,8-9,11,19H,7,10,12-17H2,1H3;4*(H,6,7)/t19-,21+;;;;/m0..../s1. The van der Waals surface area contributed by atoms with Crippen LogP contribution in [0.15, 0.2) is 48.9 Å². The number of nitrogens with zero attached hydrogens (tertiary/aromatic N) is 4. The van der Waals surface area contributed by atoms with Crippen LogP contribution < -0.4 is 0 Å². The average molecular weight is 809 g/mol. The summed E-state index contributed by atoms with van der Waals surface area (Å²) < 4.78 is 133. The number of carbonyl (C=O) groups is 4. The largest absolute Gasteiger partial charge is 0.490 e. The molecule has 2 saturated heterocycles. The van der Waals surface area contributed by atoms with E-state index < -0.39 is 48.6 Å². The summed E-state index contributed by atoms with van der Waals surface area (Å²) in [5.41, 5.74) is 2.68. The first-order valence-corrected chi connectivity index (χ1v) is 14.5. The van der Waals surface area contributed by atoms with Crippen molar-refractivity contribution in [1.82, 2.24) is 19.8 Å². The van der Waals surface area contributed by atoms with E-state index in [-0.39, 0.29) is 0 Å². The van der Waals surface area contributed by atoms with Crippen molar-refractivity contribution >= 4 is 23.9 Å². The minimum Gasteiger partial charge on any atom is -0.475 e. The minimum absolute atomic E-state index is 0.362. The van der Waals surface area contributed by atoms with Crippen molar-refractivity contribution in [3.8, 4) is 0 Å². The van der Waals surface area contributed by atoms with Crippen molar-refractivity contribution in [2.75, 3.05) is 39.8 Å². The van der Waals surface area contributed by atoms with Crippen LogP contribution in [0.1, 0.15) is 17.7 Å². The van der Waals surface area contributed by atoms with Gasteiger partial charge in [-0.2, -0.15) is 52.7 Å². The van der Waals surface area contributed by atoms with Gasteiger partial charge >= 0.3 is 48.6 Å². The molecule has 0 amide bonds. The number of aromatic nitrogens is 2. The Labute approximate surface area is 296 Å². The second-order valence-electron chi connectivity index (χ2n) is 11.1. The van der Waals surface area contributed by atoms with Crippen LogP contribution in [-0.2, 0) is 37.1 Å². The molecule has 2 fully saturated rings. The first kappa shape index (κ1) is 49.2. The number of carboxylic acid groups (broad SMARTS) is 4.